The first-order chi connectivity index (χ1) is 6.93. The van der Waals surface area contributed by atoms with Gasteiger partial charge in [-0.1, -0.05) is 20.8 Å². The largest absolute Gasteiger partial charge is 0.387 e. The van der Waals surface area contributed by atoms with Crippen molar-refractivity contribution in [3.05, 3.63) is 0 Å². The van der Waals surface area contributed by atoms with E-state index in [1.165, 1.54) is 0 Å². The Kier molecular flexibility index (Phi) is 5.19. The van der Waals surface area contributed by atoms with Crippen LogP contribution in [0.3, 0.4) is 0 Å². The van der Waals surface area contributed by atoms with Crippen LogP contribution in [0, 0.1) is 5.41 Å². The summed E-state index contributed by atoms with van der Waals surface area (Å²) in [6.07, 6.45) is 1.73. The standard InChI is InChI=1S/C11H18O4/c1-5-11(6-2,7-3)9(13)10(14)15-8(4)12/h5-7H2,1-4H3. The zero-order valence-corrected chi connectivity index (χ0v) is 9.75. The molecule has 0 aromatic carbocycles. The average molecular weight is 214 g/mol. The SMILES string of the molecule is CCC(CC)(CC)C(=O)C(=O)OC(C)=O. The third kappa shape index (κ3) is 3.15. The molecule has 0 unspecified atom stereocenters. The predicted molar refractivity (Wildman–Crippen MR) is 55.1 cm³/mol. The molecule has 0 saturated carbocycles. The Bertz CT molecular complexity index is 255. The van der Waals surface area contributed by atoms with Crippen LogP contribution in [0.4, 0.5) is 0 Å². The molecular weight excluding hydrogens is 196 g/mol. The molecule has 0 N–H and O–H groups in total. The van der Waals surface area contributed by atoms with Gasteiger partial charge in [-0.2, -0.15) is 0 Å². The Morgan fingerprint density at radius 2 is 1.40 bits per heavy atom. The molecule has 86 valence electrons. The van der Waals surface area contributed by atoms with Crippen molar-refractivity contribution in [3.63, 3.8) is 0 Å². The van der Waals surface area contributed by atoms with Crippen LogP contribution in [0.5, 0.6) is 0 Å². The summed E-state index contributed by atoms with van der Waals surface area (Å²) in [7, 11) is 0. The maximum absolute atomic E-state index is 11.8. The molecule has 0 amide bonds. The van der Waals surface area contributed by atoms with Gasteiger partial charge in [-0.25, -0.2) is 4.79 Å². The fourth-order valence-electron chi connectivity index (χ4n) is 1.63. The van der Waals surface area contributed by atoms with Gasteiger partial charge in [0.1, 0.15) is 0 Å². The molecule has 15 heavy (non-hydrogen) atoms. The number of hydrogen-bond donors (Lipinski definition) is 0. The Morgan fingerprint density at radius 3 is 1.67 bits per heavy atom. The van der Waals surface area contributed by atoms with Crippen LogP contribution >= 0.6 is 0 Å². The molecule has 0 spiro atoms. The molecule has 0 saturated heterocycles. The molecular formula is C11H18O4. The van der Waals surface area contributed by atoms with Crippen LogP contribution < -0.4 is 0 Å². The van der Waals surface area contributed by atoms with Crippen LogP contribution in [0.25, 0.3) is 0 Å². The van der Waals surface area contributed by atoms with Crippen molar-refractivity contribution in [1.82, 2.24) is 0 Å². The van der Waals surface area contributed by atoms with E-state index in [1.54, 1.807) is 0 Å². The summed E-state index contributed by atoms with van der Waals surface area (Å²) in [6, 6.07) is 0. The zero-order valence-electron chi connectivity index (χ0n) is 9.75. The minimum Gasteiger partial charge on any atom is -0.387 e. The Morgan fingerprint density at radius 1 is 1.00 bits per heavy atom. The first-order valence-electron chi connectivity index (χ1n) is 5.20. The minimum absolute atomic E-state index is 0.575. The summed E-state index contributed by atoms with van der Waals surface area (Å²) in [4.78, 5) is 33.6. The second-order valence-electron chi connectivity index (χ2n) is 3.55. The average Bonchev–Trinajstić information content (AvgIpc) is 2.20. The fourth-order valence-corrected chi connectivity index (χ4v) is 1.63. The number of hydrogen-bond acceptors (Lipinski definition) is 4. The van der Waals surface area contributed by atoms with Gasteiger partial charge >= 0.3 is 11.9 Å². The fraction of sp³-hybridized carbons (Fsp3) is 0.727. The van der Waals surface area contributed by atoms with Gasteiger partial charge in [0.25, 0.3) is 0 Å². The van der Waals surface area contributed by atoms with E-state index >= 15 is 0 Å². The molecule has 0 aromatic rings. The number of rotatable bonds is 5. The van der Waals surface area contributed by atoms with E-state index in [4.69, 9.17) is 0 Å². The molecule has 0 radical (unpaired) electrons. The van der Waals surface area contributed by atoms with Crippen molar-refractivity contribution in [1.29, 1.82) is 0 Å². The number of ether oxygens (including phenoxy) is 1. The van der Waals surface area contributed by atoms with E-state index in [0.29, 0.717) is 19.3 Å². The second-order valence-corrected chi connectivity index (χ2v) is 3.55. The quantitative estimate of drug-likeness (QED) is 0.398. The van der Waals surface area contributed by atoms with E-state index in [0.717, 1.165) is 6.92 Å². The molecule has 0 fully saturated rings. The topological polar surface area (TPSA) is 60.4 Å². The number of ketones is 1. The van der Waals surface area contributed by atoms with Gasteiger partial charge in [-0.05, 0) is 19.3 Å². The molecule has 4 nitrogen and oxygen atoms in total. The molecule has 0 bridgehead atoms. The van der Waals surface area contributed by atoms with Crippen molar-refractivity contribution in [2.24, 2.45) is 5.41 Å². The first-order valence-corrected chi connectivity index (χ1v) is 5.20. The third-order valence-electron chi connectivity index (χ3n) is 2.93. The van der Waals surface area contributed by atoms with Gasteiger partial charge in [-0.15, -0.1) is 0 Å². The van der Waals surface area contributed by atoms with Crippen molar-refractivity contribution >= 4 is 17.7 Å². The van der Waals surface area contributed by atoms with Crippen molar-refractivity contribution < 1.29 is 19.1 Å². The summed E-state index contributed by atoms with van der Waals surface area (Å²) in [6.45, 7) is 6.67. The van der Waals surface area contributed by atoms with Crippen molar-refractivity contribution in [2.75, 3.05) is 0 Å². The van der Waals surface area contributed by atoms with E-state index in [2.05, 4.69) is 4.74 Å². The molecule has 0 rings (SSSR count). The van der Waals surface area contributed by atoms with Crippen LogP contribution in [0.1, 0.15) is 47.0 Å². The highest BCUT2D eigenvalue weighted by molar-refractivity contribution is 6.37. The minimum atomic E-state index is -1.03. The third-order valence-corrected chi connectivity index (χ3v) is 2.93. The predicted octanol–water partition coefficient (Wildman–Crippen LogP) is 1.86. The van der Waals surface area contributed by atoms with Crippen LogP contribution in [0.15, 0.2) is 0 Å². The highest BCUT2D eigenvalue weighted by Crippen LogP contribution is 2.31. The van der Waals surface area contributed by atoms with Gasteiger partial charge in [0.15, 0.2) is 0 Å². The molecule has 0 heterocycles. The summed E-state index contributed by atoms with van der Waals surface area (Å²) in [5, 5.41) is 0. The lowest BCUT2D eigenvalue weighted by atomic mass is 9.76. The smallest absolute Gasteiger partial charge is 0.382 e. The van der Waals surface area contributed by atoms with E-state index in [-0.39, 0.29) is 0 Å². The summed E-state index contributed by atoms with van der Waals surface area (Å²) in [5.41, 5.74) is -0.674. The Labute approximate surface area is 90.0 Å². The zero-order chi connectivity index (χ0) is 12.1. The summed E-state index contributed by atoms with van der Waals surface area (Å²) in [5.74, 6) is -2.37. The van der Waals surface area contributed by atoms with Gasteiger partial charge in [-0.3, -0.25) is 9.59 Å². The highest BCUT2D eigenvalue weighted by atomic mass is 16.6. The van der Waals surface area contributed by atoms with Crippen molar-refractivity contribution in [3.8, 4) is 0 Å². The van der Waals surface area contributed by atoms with Gasteiger partial charge in [0.05, 0.1) is 0 Å². The van der Waals surface area contributed by atoms with E-state index in [9.17, 15) is 14.4 Å². The van der Waals surface area contributed by atoms with E-state index < -0.39 is 23.1 Å². The Hall–Kier alpha value is -1.19. The maximum atomic E-state index is 11.8. The summed E-state index contributed by atoms with van der Waals surface area (Å²) >= 11 is 0. The number of carbonyl (C=O) groups is 3. The summed E-state index contributed by atoms with van der Waals surface area (Å²) < 4.78 is 4.30. The molecule has 0 aliphatic heterocycles. The molecule has 0 atom stereocenters. The van der Waals surface area contributed by atoms with Gasteiger partial charge < -0.3 is 4.74 Å². The first kappa shape index (κ1) is 13.8. The highest BCUT2D eigenvalue weighted by Gasteiger charge is 2.38. The molecule has 0 aliphatic rings. The van der Waals surface area contributed by atoms with Crippen LogP contribution in [0.2, 0.25) is 0 Å². The number of carbonyl (C=O) groups excluding carboxylic acids is 3. The second kappa shape index (κ2) is 5.63. The van der Waals surface area contributed by atoms with E-state index in [1.807, 2.05) is 20.8 Å². The maximum Gasteiger partial charge on any atom is 0.382 e. The lowest BCUT2D eigenvalue weighted by molar-refractivity contribution is -0.166. The van der Waals surface area contributed by atoms with Gasteiger partial charge in [0.2, 0.25) is 5.78 Å². The lowest BCUT2D eigenvalue weighted by Crippen LogP contribution is -2.36. The monoisotopic (exact) mass is 214 g/mol. The van der Waals surface area contributed by atoms with Crippen LogP contribution in [-0.2, 0) is 19.1 Å². The normalized spacial score (nSPS) is 10.9. The van der Waals surface area contributed by atoms with Crippen LogP contribution in [-0.4, -0.2) is 17.7 Å². The number of Topliss-reactive ketones (excluding diaryl/α,β-unsaturated/α-hetero) is 1. The molecule has 4 heteroatoms. The molecule has 0 aliphatic carbocycles. The Balaban J connectivity index is 4.79. The van der Waals surface area contributed by atoms with Gasteiger partial charge in [0, 0.05) is 12.3 Å². The lowest BCUT2D eigenvalue weighted by Gasteiger charge is -2.26. The molecule has 0 aromatic heterocycles. The van der Waals surface area contributed by atoms with Crippen molar-refractivity contribution in [2.45, 2.75) is 47.0 Å². The number of esters is 2.